The number of sulfone groups is 1. The fourth-order valence-corrected chi connectivity index (χ4v) is 4.99. The second kappa shape index (κ2) is 4.43. The quantitative estimate of drug-likeness (QED) is 0.851. The molecule has 0 aromatic carbocycles. The van der Waals surface area contributed by atoms with Crippen LogP contribution in [-0.2, 0) is 15.6 Å². The second-order valence-electron chi connectivity index (χ2n) is 4.24. The molecule has 0 bridgehead atoms. The van der Waals surface area contributed by atoms with Gasteiger partial charge in [-0.25, -0.2) is 8.42 Å². The molecule has 96 valence electrons. The molecule has 1 aliphatic rings. The molecule has 8 heteroatoms. The highest BCUT2D eigenvalue weighted by Crippen LogP contribution is 2.36. The third kappa shape index (κ3) is 2.36. The minimum atomic E-state index is -3.41. The van der Waals surface area contributed by atoms with Crippen molar-refractivity contribution in [2.45, 2.75) is 29.8 Å². The first-order valence-electron chi connectivity index (χ1n) is 5.41. The van der Waals surface area contributed by atoms with Crippen molar-refractivity contribution in [1.82, 2.24) is 14.8 Å². The predicted molar refractivity (Wildman–Crippen MR) is 71.2 cm³/mol. The molecule has 3 rings (SSSR count). The smallest absolute Gasteiger partial charge is 0.250 e. The zero-order valence-electron chi connectivity index (χ0n) is 9.28. The molecule has 0 radical (unpaired) electrons. The van der Waals surface area contributed by atoms with Gasteiger partial charge in [-0.3, -0.25) is 0 Å². The van der Waals surface area contributed by atoms with Crippen molar-refractivity contribution in [3.8, 4) is 0 Å². The van der Waals surface area contributed by atoms with E-state index in [0.29, 0.717) is 0 Å². The molecule has 1 fully saturated rings. The third-order valence-corrected chi connectivity index (χ3v) is 6.13. The van der Waals surface area contributed by atoms with Crippen LogP contribution in [0.2, 0.25) is 0 Å². The Labute approximate surface area is 117 Å². The molecule has 0 amide bonds. The summed E-state index contributed by atoms with van der Waals surface area (Å²) in [5.74, 6) is -0.0192. The molecule has 18 heavy (non-hydrogen) atoms. The highest BCUT2D eigenvalue weighted by molar-refractivity contribution is 9.10. The standard InChI is InChI=1S/C10H10BrN3O2S2/c11-7-3-9(17-4-7)5-18(15,16)10-13-12-6-14(10)8-1-2-8/h3-4,6,8H,1-2,5H2. The maximum Gasteiger partial charge on any atom is 0.250 e. The molecule has 0 unspecified atom stereocenters. The number of nitrogens with zero attached hydrogens (tertiary/aromatic N) is 3. The molecule has 2 aromatic rings. The Hall–Kier alpha value is -0.730. The lowest BCUT2D eigenvalue weighted by Gasteiger charge is -2.04. The van der Waals surface area contributed by atoms with Gasteiger partial charge in [-0.05, 0) is 34.8 Å². The van der Waals surface area contributed by atoms with Crippen LogP contribution in [0.4, 0.5) is 0 Å². The van der Waals surface area contributed by atoms with Gasteiger partial charge in [-0.15, -0.1) is 21.5 Å². The molecule has 0 aliphatic heterocycles. The van der Waals surface area contributed by atoms with Gasteiger partial charge in [0.15, 0.2) is 0 Å². The van der Waals surface area contributed by atoms with E-state index in [0.717, 1.165) is 22.2 Å². The van der Waals surface area contributed by atoms with Crippen molar-refractivity contribution in [2.24, 2.45) is 0 Å². The van der Waals surface area contributed by atoms with Crippen LogP contribution in [-0.4, -0.2) is 23.2 Å². The molecule has 0 atom stereocenters. The van der Waals surface area contributed by atoms with Crippen LogP contribution in [0.25, 0.3) is 0 Å². The lowest BCUT2D eigenvalue weighted by Crippen LogP contribution is -2.11. The van der Waals surface area contributed by atoms with Gasteiger partial charge in [-0.1, -0.05) is 0 Å². The summed E-state index contributed by atoms with van der Waals surface area (Å²) in [4.78, 5) is 0.798. The topological polar surface area (TPSA) is 64.8 Å². The minimum absolute atomic E-state index is 0.0192. The molecule has 0 N–H and O–H groups in total. The number of rotatable bonds is 4. The van der Waals surface area contributed by atoms with Crippen molar-refractivity contribution in [3.63, 3.8) is 0 Å². The first-order chi connectivity index (χ1) is 8.56. The molecule has 1 saturated carbocycles. The fourth-order valence-electron chi connectivity index (χ4n) is 1.74. The van der Waals surface area contributed by atoms with Crippen molar-refractivity contribution >= 4 is 37.1 Å². The van der Waals surface area contributed by atoms with Crippen LogP contribution in [0.5, 0.6) is 0 Å². The minimum Gasteiger partial charge on any atom is -0.301 e. The van der Waals surface area contributed by atoms with E-state index in [1.807, 2.05) is 11.4 Å². The Balaban J connectivity index is 1.91. The molecule has 1 aliphatic carbocycles. The summed E-state index contributed by atoms with van der Waals surface area (Å²) >= 11 is 4.74. The molecule has 2 heterocycles. The summed E-state index contributed by atoms with van der Waals surface area (Å²) in [5.41, 5.74) is 0. The van der Waals surface area contributed by atoms with E-state index in [2.05, 4.69) is 26.1 Å². The maximum atomic E-state index is 12.3. The van der Waals surface area contributed by atoms with Crippen LogP contribution >= 0.6 is 27.3 Å². The second-order valence-corrected chi connectivity index (χ2v) is 8.04. The van der Waals surface area contributed by atoms with Crippen LogP contribution in [0, 0.1) is 0 Å². The summed E-state index contributed by atoms with van der Waals surface area (Å²) in [6.07, 6.45) is 3.52. The van der Waals surface area contributed by atoms with E-state index < -0.39 is 9.84 Å². The van der Waals surface area contributed by atoms with Gasteiger partial charge in [-0.2, -0.15) is 0 Å². The van der Waals surface area contributed by atoms with Crippen molar-refractivity contribution in [1.29, 1.82) is 0 Å². The fraction of sp³-hybridized carbons (Fsp3) is 0.400. The maximum absolute atomic E-state index is 12.3. The van der Waals surface area contributed by atoms with E-state index >= 15 is 0 Å². The molecule has 0 spiro atoms. The number of halogens is 1. The zero-order valence-corrected chi connectivity index (χ0v) is 12.5. The average Bonchev–Trinajstić information content (AvgIpc) is 2.87. The summed E-state index contributed by atoms with van der Waals surface area (Å²) < 4.78 is 27.2. The van der Waals surface area contributed by atoms with E-state index in [4.69, 9.17) is 0 Å². The van der Waals surface area contributed by atoms with Crippen molar-refractivity contribution in [3.05, 3.63) is 27.1 Å². The number of thiophene rings is 1. The number of hydrogen-bond donors (Lipinski definition) is 0. The zero-order chi connectivity index (χ0) is 12.8. The Morgan fingerprint density at radius 1 is 1.50 bits per heavy atom. The van der Waals surface area contributed by atoms with E-state index in [1.165, 1.54) is 17.7 Å². The summed E-state index contributed by atoms with van der Waals surface area (Å²) in [5, 5.41) is 9.46. The highest BCUT2D eigenvalue weighted by Gasteiger charge is 2.31. The van der Waals surface area contributed by atoms with Gasteiger partial charge in [0.2, 0.25) is 15.0 Å². The first kappa shape index (κ1) is 12.3. The van der Waals surface area contributed by atoms with Gasteiger partial charge in [0.25, 0.3) is 0 Å². The largest absolute Gasteiger partial charge is 0.301 e. The normalized spacial score (nSPS) is 16.1. The first-order valence-corrected chi connectivity index (χ1v) is 8.74. The Kier molecular flexibility index (Phi) is 3.03. The van der Waals surface area contributed by atoms with Gasteiger partial charge in [0.1, 0.15) is 6.33 Å². The third-order valence-electron chi connectivity index (χ3n) is 2.71. The summed E-state index contributed by atoms with van der Waals surface area (Å²) in [7, 11) is -3.41. The number of hydrogen-bond acceptors (Lipinski definition) is 5. The predicted octanol–water partition coefficient (Wildman–Crippen LogP) is 2.41. The lowest BCUT2D eigenvalue weighted by atomic mass is 10.5. The van der Waals surface area contributed by atoms with E-state index in [1.54, 1.807) is 4.57 Å². The molecule has 2 aromatic heterocycles. The molecular weight excluding hydrogens is 338 g/mol. The monoisotopic (exact) mass is 347 g/mol. The van der Waals surface area contributed by atoms with Crippen LogP contribution in [0.3, 0.4) is 0 Å². The Bertz CT molecular complexity index is 673. The number of aromatic nitrogens is 3. The van der Waals surface area contributed by atoms with Crippen molar-refractivity contribution in [2.75, 3.05) is 0 Å². The Morgan fingerprint density at radius 3 is 2.89 bits per heavy atom. The van der Waals surface area contributed by atoms with Gasteiger partial charge in [0.05, 0.1) is 5.75 Å². The van der Waals surface area contributed by atoms with Gasteiger partial charge >= 0.3 is 0 Å². The SMILES string of the molecule is O=S(=O)(Cc1cc(Br)cs1)c1nncn1C1CC1. The van der Waals surface area contributed by atoms with Crippen LogP contribution < -0.4 is 0 Å². The van der Waals surface area contributed by atoms with E-state index in [-0.39, 0.29) is 17.0 Å². The molecular formula is C10H10BrN3O2S2. The van der Waals surface area contributed by atoms with Gasteiger partial charge < -0.3 is 4.57 Å². The van der Waals surface area contributed by atoms with Crippen molar-refractivity contribution < 1.29 is 8.42 Å². The summed E-state index contributed by atoms with van der Waals surface area (Å²) in [6, 6.07) is 2.08. The Morgan fingerprint density at radius 2 is 2.28 bits per heavy atom. The van der Waals surface area contributed by atoms with E-state index in [9.17, 15) is 8.42 Å². The average molecular weight is 348 g/mol. The van der Waals surface area contributed by atoms with Crippen LogP contribution in [0.1, 0.15) is 23.8 Å². The summed E-state index contributed by atoms with van der Waals surface area (Å²) in [6.45, 7) is 0. The van der Waals surface area contributed by atoms with Crippen LogP contribution in [0.15, 0.2) is 27.4 Å². The highest BCUT2D eigenvalue weighted by atomic mass is 79.9. The lowest BCUT2D eigenvalue weighted by molar-refractivity contribution is 0.564. The van der Waals surface area contributed by atoms with Gasteiger partial charge in [0, 0.05) is 20.8 Å². The molecule has 5 nitrogen and oxygen atoms in total. The molecule has 0 saturated heterocycles.